The summed E-state index contributed by atoms with van der Waals surface area (Å²) in [4.78, 5) is 13.6. The number of rotatable bonds is 9. The van der Waals surface area contributed by atoms with Crippen molar-refractivity contribution in [1.29, 1.82) is 0 Å². The third-order valence-electron chi connectivity index (χ3n) is 2.82. The number of piperazine rings is 1. The minimum Gasteiger partial charge on any atom is -0.382 e. The van der Waals surface area contributed by atoms with Crippen molar-refractivity contribution in [3.8, 4) is 0 Å². The molecule has 0 aromatic carbocycles. The number of methoxy groups -OCH3 is 1. The van der Waals surface area contributed by atoms with E-state index in [1.807, 2.05) is 11.8 Å². The summed E-state index contributed by atoms with van der Waals surface area (Å²) in [6, 6.07) is -0.0730. The van der Waals surface area contributed by atoms with Crippen LogP contribution in [-0.2, 0) is 19.0 Å². The van der Waals surface area contributed by atoms with E-state index < -0.39 is 0 Å². The molecular weight excluding hydrogens is 236 g/mol. The van der Waals surface area contributed by atoms with Gasteiger partial charge in [-0.3, -0.25) is 4.79 Å². The number of carbonyl (C=O) groups is 1. The summed E-state index contributed by atoms with van der Waals surface area (Å²) in [6.45, 7) is 7.04. The van der Waals surface area contributed by atoms with Crippen LogP contribution in [0.1, 0.15) is 6.92 Å². The molecule has 1 aliphatic rings. The van der Waals surface area contributed by atoms with Gasteiger partial charge in [0.05, 0.1) is 39.1 Å². The molecule has 1 amide bonds. The molecule has 0 aromatic rings. The molecule has 0 aromatic heterocycles. The van der Waals surface area contributed by atoms with Crippen LogP contribution in [0.2, 0.25) is 0 Å². The maximum absolute atomic E-state index is 11.7. The largest absolute Gasteiger partial charge is 0.382 e. The Labute approximate surface area is 109 Å². The molecule has 1 saturated heterocycles. The normalized spacial score (nSPS) is 20.4. The minimum atomic E-state index is -0.0730. The van der Waals surface area contributed by atoms with Crippen LogP contribution in [0.15, 0.2) is 0 Å². The van der Waals surface area contributed by atoms with Crippen LogP contribution in [0.3, 0.4) is 0 Å². The highest BCUT2D eigenvalue weighted by Gasteiger charge is 2.23. The SMILES string of the molecule is COCCOCCOCCN1CCNC(C)C1=O. The number of nitrogens with zero attached hydrogens (tertiary/aromatic N) is 1. The van der Waals surface area contributed by atoms with Crippen molar-refractivity contribution in [2.75, 3.05) is 59.8 Å². The van der Waals surface area contributed by atoms with Gasteiger partial charge in [0, 0.05) is 26.7 Å². The lowest BCUT2D eigenvalue weighted by Crippen LogP contribution is -2.54. The molecule has 1 fully saturated rings. The van der Waals surface area contributed by atoms with Gasteiger partial charge in [-0.2, -0.15) is 0 Å². The molecule has 1 aliphatic heterocycles. The molecular formula is C12H24N2O4. The number of ether oxygens (including phenoxy) is 3. The maximum Gasteiger partial charge on any atom is 0.239 e. The summed E-state index contributed by atoms with van der Waals surface area (Å²) in [5, 5.41) is 3.13. The van der Waals surface area contributed by atoms with Crippen LogP contribution in [0.25, 0.3) is 0 Å². The molecule has 0 radical (unpaired) electrons. The lowest BCUT2D eigenvalue weighted by molar-refractivity contribution is -0.136. The zero-order valence-corrected chi connectivity index (χ0v) is 11.3. The number of hydrogen-bond acceptors (Lipinski definition) is 5. The predicted octanol–water partition coefficient (Wildman–Crippen LogP) is -0.514. The second kappa shape index (κ2) is 9.27. The van der Waals surface area contributed by atoms with Crippen LogP contribution in [-0.4, -0.2) is 76.6 Å². The number of hydrogen-bond donors (Lipinski definition) is 1. The van der Waals surface area contributed by atoms with E-state index in [9.17, 15) is 4.79 Å². The zero-order chi connectivity index (χ0) is 13.2. The quantitative estimate of drug-likeness (QED) is 0.566. The van der Waals surface area contributed by atoms with Crippen LogP contribution < -0.4 is 5.32 Å². The Bertz CT molecular complexity index is 238. The van der Waals surface area contributed by atoms with E-state index in [0.717, 1.165) is 13.1 Å². The second-order valence-electron chi connectivity index (χ2n) is 4.22. The minimum absolute atomic E-state index is 0.0730. The first-order valence-electron chi connectivity index (χ1n) is 6.42. The van der Waals surface area contributed by atoms with E-state index >= 15 is 0 Å². The summed E-state index contributed by atoms with van der Waals surface area (Å²) >= 11 is 0. The van der Waals surface area contributed by atoms with Crippen molar-refractivity contribution < 1.29 is 19.0 Å². The molecule has 0 spiro atoms. The third kappa shape index (κ3) is 5.77. The highest BCUT2D eigenvalue weighted by Crippen LogP contribution is 2.00. The molecule has 1 heterocycles. The van der Waals surface area contributed by atoms with Crippen LogP contribution >= 0.6 is 0 Å². The average Bonchev–Trinajstić information content (AvgIpc) is 2.37. The Morgan fingerprint density at radius 2 is 1.89 bits per heavy atom. The molecule has 1 rings (SSSR count). The molecule has 1 N–H and O–H groups in total. The van der Waals surface area contributed by atoms with Gasteiger partial charge in [-0.25, -0.2) is 0 Å². The van der Waals surface area contributed by atoms with Crippen molar-refractivity contribution >= 4 is 5.91 Å². The number of nitrogens with one attached hydrogen (secondary N) is 1. The van der Waals surface area contributed by atoms with Gasteiger partial charge in [0.25, 0.3) is 0 Å². The van der Waals surface area contributed by atoms with Crippen molar-refractivity contribution in [3.05, 3.63) is 0 Å². The lowest BCUT2D eigenvalue weighted by Gasteiger charge is -2.31. The first kappa shape index (κ1) is 15.4. The molecule has 0 saturated carbocycles. The highest BCUT2D eigenvalue weighted by atomic mass is 16.5. The fourth-order valence-corrected chi connectivity index (χ4v) is 1.75. The Hall–Kier alpha value is -0.690. The van der Waals surface area contributed by atoms with E-state index in [2.05, 4.69) is 5.32 Å². The Morgan fingerprint density at radius 1 is 1.22 bits per heavy atom. The van der Waals surface area contributed by atoms with Crippen LogP contribution in [0.4, 0.5) is 0 Å². The average molecular weight is 260 g/mol. The van der Waals surface area contributed by atoms with E-state index in [4.69, 9.17) is 14.2 Å². The standard InChI is InChI=1S/C12H24N2O4/c1-11-12(15)14(4-3-13-11)5-6-17-9-10-18-8-7-16-2/h11,13H,3-10H2,1-2H3. The van der Waals surface area contributed by atoms with Crippen LogP contribution in [0.5, 0.6) is 0 Å². The van der Waals surface area contributed by atoms with Gasteiger partial charge >= 0.3 is 0 Å². The smallest absolute Gasteiger partial charge is 0.239 e. The lowest BCUT2D eigenvalue weighted by atomic mass is 10.2. The maximum atomic E-state index is 11.7. The summed E-state index contributed by atoms with van der Waals surface area (Å²) in [7, 11) is 1.64. The molecule has 18 heavy (non-hydrogen) atoms. The Morgan fingerprint density at radius 3 is 2.61 bits per heavy atom. The van der Waals surface area contributed by atoms with Crippen molar-refractivity contribution in [1.82, 2.24) is 10.2 Å². The van der Waals surface area contributed by atoms with Crippen LogP contribution in [0, 0.1) is 0 Å². The fraction of sp³-hybridized carbons (Fsp3) is 0.917. The molecule has 6 nitrogen and oxygen atoms in total. The van der Waals surface area contributed by atoms with Gasteiger partial charge in [-0.05, 0) is 6.92 Å². The fourth-order valence-electron chi connectivity index (χ4n) is 1.75. The topological polar surface area (TPSA) is 60.0 Å². The van der Waals surface area contributed by atoms with E-state index in [1.54, 1.807) is 7.11 Å². The predicted molar refractivity (Wildman–Crippen MR) is 67.6 cm³/mol. The van der Waals surface area contributed by atoms with Gasteiger partial charge in [0.1, 0.15) is 0 Å². The number of amides is 1. The summed E-state index contributed by atoms with van der Waals surface area (Å²) < 4.78 is 15.5. The van der Waals surface area contributed by atoms with Gasteiger partial charge in [0.15, 0.2) is 0 Å². The highest BCUT2D eigenvalue weighted by molar-refractivity contribution is 5.82. The monoisotopic (exact) mass is 260 g/mol. The number of carbonyl (C=O) groups excluding carboxylic acids is 1. The van der Waals surface area contributed by atoms with Crippen molar-refractivity contribution in [2.45, 2.75) is 13.0 Å². The first-order chi connectivity index (χ1) is 8.75. The van der Waals surface area contributed by atoms with Gasteiger partial charge < -0.3 is 24.4 Å². The molecule has 0 aliphatic carbocycles. The Balaban J connectivity index is 1.95. The molecule has 1 atom stereocenters. The van der Waals surface area contributed by atoms with Gasteiger partial charge in [-0.1, -0.05) is 0 Å². The van der Waals surface area contributed by atoms with Gasteiger partial charge in [-0.15, -0.1) is 0 Å². The zero-order valence-electron chi connectivity index (χ0n) is 11.3. The van der Waals surface area contributed by atoms with Crippen molar-refractivity contribution in [3.63, 3.8) is 0 Å². The molecule has 0 bridgehead atoms. The summed E-state index contributed by atoms with van der Waals surface area (Å²) in [5.41, 5.74) is 0. The molecule has 1 unspecified atom stereocenters. The summed E-state index contributed by atoms with van der Waals surface area (Å²) in [6.07, 6.45) is 0. The second-order valence-corrected chi connectivity index (χ2v) is 4.22. The van der Waals surface area contributed by atoms with E-state index in [-0.39, 0.29) is 11.9 Å². The Kier molecular flexibility index (Phi) is 7.91. The van der Waals surface area contributed by atoms with E-state index in [0.29, 0.717) is 39.6 Å². The molecule has 106 valence electrons. The summed E-state index contributed by atoms with van der Waals surface area (Å²) in [5.74, 6) is 0.154. The van der Waals surface area contributed by atoms with Gasteiger partial charge in [0.2, 0.25) is 5.91 Å². The first-order valence-corrected chi connectivity index (χ1v) is 6.42. The molecule has 6 heteroatoms. The van der Waals surface area contributed by atoms with Crippen molar-refractivity contribution in [2.24, 2.45) is 0 Å². The third-order valence-corrected chi connectivity index (χ3v) is 2.82. The van der Waals surface area contributed by atoms with E-state index in [1.165, 1.54) is 0 Å².